The highest BCUT2D eigenvalue weighted by Crippen LogP contribution is 2.56. The molecule has 0 aromatic heterocycles. The molecule has 1 aliphatic carbocycles. The number of halogens is 1. The van der Waals surface area contributed by atoms with Gasteiger partial charge in [0.2, 0.25) is 0 Å². The van der Waals surface area contributed by atoms with Gasteiger partial charge in [-0.05, 0) is 42.8 Å². The van der Waals surface area contributed by atoms with E-state index in [1.165, 1.54) is 22.3 Å². The van der Waals surface area contributed by atoms with Crippen molar-refractivity contribution >= 4 is 12.4 Å². The van der Waals surface area contributed by atoms with Crippen molar-refractivity contribution in [3.8, 4) is 11.1 Å². The topological polar surface area (TPSA) is 12.5 Å². The summed E-state index contributed by atoms with van der Waals surface area (Å²) in [5.74, 6) is 0.511. The highest BCUT2D eigenvalue weighted by molar-refractivity contribution is 5.85. The molecule has 0 N–H and O–H groups in total. The van der Waals surface area contributed by atoms with Gasteiger partial charge in [-0.25, -0.2) is 0 Å². The summed E-state index contributed by atoms with van der Waals surface area (Å²) in [6.07, 6.45) is 1.13. The quantitative estimate of drug-likeness (QED) is 0.832. The first kappa shape index (κ1) is 15.5. The zero-order chi connectivity index (χ0) is 14.4. The monoisotopic (exact) mass is 315 g/mol. The van der Waals surface area contributed by atoms with E-state index in [1.54, 1.807) is 0 Å². The Morgan fingerprint density at radius 3 is 2.09 bits per heavy atom. The lowest BCUT2D eigenvalue weighted by molar-refractivity contribution is 0.00817. The molecule has 2 aliphatic rings. The van der Waals surface area contributed by atoms with Crippen LogP contribution in [0.4, 0.5) is 0 Å². The average Bonchev–Trinajstić information content (AvgIpc) is 3.02. The van der Waals surface area contributed by atoms with Gasteiger partial charge >= 0.3 is 0 Å². The number of hydrogen-bond acceptors (Lipinski definition) is 2. The standard InChI is InChI=1S/C19H21NO.ClH/c1-20(2)13-14-11-12-21-19(14)17-9-5-3-7-15(17)16-8-4-6-10-18(16)19;/h3-10,14H,11-13H2,1-2H3;1H. The number of ether oxygens (including phenoxy) is 1. The van der Waals surface area contributed by atoms with Crippen molar-refractivity contribution in [3.63, 3.8) is 0 Å². The van der Waals surface area contributed by atoms with Gasteiger partial charge in [0.05, 0.1) is 0 Å². The van der Waals surface area contributed by atoms with Crippen LogP contribution < -0.4 is 0 Å². The van der Waals surface area contributed by atoms with Crippen LogP contribution in [0, 0.1) is 5.92 Å². The highest BCUT2D eigenvalue weighted by atomic mass is 35.5. The Morgan fingerprint density at radius 2 is 1.55 bits per heavy atom. The number of rotatable bonds is 2. The third kappa shape index (κ3) is 2.02. The number of fused-ring (bicyclic) bond motifs is 5. The molecule has 116 valence electrons. The van der Waals surface area contributed by atoms with Crippen LogP contribution in [0.1, 0.15) is 17.5 Å². The van der Waals surface area contributed by atoms with Crippen LogP contribution in [0.25, 0.3) is 11.1 Å². The first-order valence-electron chi connectivity index (χ1n) is 7.71. The number of benzene rings is 2. The fraction of sp³-hybridized carbons (Fsp3) is 0.368. The van der Waals surface area contributed by atoms with E-state index >= 15 is 0 Å². The lowest BCUT2D eigenvalue weighted by Crippen LogP contribution is -2.37. The molecule has 1 spiro atoms. The number of nitrogens with zero attached hydrogens (tertiary/aromatic N) is 1. The normalized spacial score (nSPS) is 20.8. The Kier molecular flexibility index (Phi) is 4.02. The molecule has 1 unspecified atom stereocenters. The second-order valence-electron chi connectivity index (χ2n) is 6.42. The van der Waals surface area contributed by atoms with E-state index in [-0.39, 0.29) is 18.0 Å². The van der Waals surface area contributed by atoms with Gasteiger partial charge in [0.1, 0.15) is 5.60 Å². The summed E-state index contributed by atoms with van der Waals surface area (Å²) < 4.78 is 6.44. The Labute approximate surface area is 138 Å². The van der Waals surface area contributed by atoms with Crippen LogP contribution in [0.15, 0.2) is 48.5 Å². The van der Waals surface area contributed by atoms with Crippen molar-refractivity contribution in [1.82, 2.24) is 4.90 Å². The van der Waals surface area contributed by atoms with Crippen molar-refractivity contribution in [2.75, 3.05) is 27.2 Å². The molecule has 2 aromatic rings. The molecule has 1 heterocycles. The molecule has 2 aromatic carbocycles. The van der Waals surface area contributed by atoms with Gasteiger partial charge in [-0.15, -0.1) is 12.4 Å². The average molecular weight is 316 g/mol. The Balaban J connectivity index is 0.00000144. The molecule has 0 saturated carbocycles. The molecule has 0 bridgehead atoms. The molecule has 3 heteroatoms. The van der Waals surface area contributed by atoms with Crippen LogP contribution in [0.2, 0.25) is 0 Å². The largest absolute Gasteiger partial charge is 0.365 e. The molecular weight excluding hydrogens is 294 g/mol. The molecule has 1 aliphatic heterocycles. The molecule has 1 atom stereocenters. The van der Waals surface area contributed by atoms with Gasteiger partial charge in [0, 0.05) is 19.1 Å². The third-order valence-electron chi connectivity index (χ3n) is 4.90. The van der Waals surface area contributed by atoms with Crippen molar-refractivity contribution in [3.05, 3.63) is 59.7 Å². The van der Waals surface area contributed by atoms with Gasteiger partial charge in [0.15, 0.2) is 0 Å². The van der Waals surface area contributed by atoms with Gasteiger partial charge < -0.3 is 9.64 Å². The van der Waals surface area contributed by atoms with E-state index in [2.05, 4.69) is 67.5 Å². The minimum absolute atomic E-state index is 0. The van der Waals surface area contributed by atoms with E-state index in [9.17, 15) is 0 Å². The molecule has 22 heavy (non-hydrogen) atoms. The van der Waals surface area contributed by atoms with E-state index in [1.807, 2.05) is 0 Å². The first-order chi connectivity index (χ1) is 10.2. The van der Waals surface area contributed by atoms with Crippen LogP contribution in [0.5, 0.6) is 0 Å². The second kappa shape index (κ2) is 5.69. The maximum absolute atomic E-state index is 6.44. The van der Waals surface area contributed by atoms with Crippen molar-refractivity contribution in [1.29, 1.82) is 0 Å². The van der Waals surface area contributed by atoms with Gasteiger partial charge in [0.25, 0.3) is 0 Å². The zero-order valence-electron chi connectivity index (χ0n) is 13.1. The molecule has 1 saturated heterocycles. The van der Waals surface area contributed by atoms with Gasteiger partial charge in [-0.3, -0.25) is 0 Å². The van der Waals surface area contributed by atoms with Crippen molar-refractivity contribution < 1.29 is 4.74 Å². The maximum Gasteiger partial charge on any atom is 0.123 e. The molecular formula is C19H22ClNO. The molecule has 0 amide bonds. The molecule has 1 fully saturated rings. The summed E-state index contributed by atoms with van der Waals surface area (Å²) in [7, 11) is 4.30. The minimum Gasteiger partial charge on any atom is -0.365 e. The molecule has 4 rings (SSSR count). The van der Waals surface area contributed by atoms with Crippen LogP contribution in [-0.4, -0.2) is 32.1 Å². The van der Waals surface area contributed by atoms with Crippen molar-refractivity contribution in [2.24, 2.45) is 5.92 Å². The summed E-state index contributed by atoms with van der Waals surface area (Å²) >= 11 is 0. The summed E-state index contributed by atoms with van der Waals surface area (Å²) in [5, 5.41) is 0. The predicted octanol–water partition coefficient (Wildman–Crippen LogP) is 3.93. The second-order valence-corrected chi connectivity index (χ2v) is 6.42. The minimum atomic E-state index is -0.239. The van der Waals surface area contributed by atoms with E-state index in [4.69, 9.17) is 4.74 Å². The maximum atomic E-state index is 6.44. The summed E-state index contributed by atoms with van der Waals surface area (Å²) in [6, 6.07) is 17.5. The highest BCUT2D eigenvalue weighted by Gasteiger charge is 2.52. The smallest absolute Gasteiger partial charge is 0.123 e. The summed E-state index contributed by atoms with van der Waals surface area (Å²) in [6.45, 7) is 1.91. The van der Waals surface area contributed by atoms with E-state index in [0.717, 1.165) is 19.6 Å². The van der Waals surface area contributed by atoms with E-state index < -0.39 is 0 Å². The predicted molar refractivity (Wildman–Crippen MR) is 92.5 cm³/mol. The van der Waals surface area contributed by atoms with Crippen LogP contribution in [0.3, 0.4) is 0 Å². The third-order valence-corrected chi connectivity index (χ3v) is 4.90. The van der Waals surface area contributed by atoms with Gasteiger partial charge in [-0.1, -0.05) is 48.5 Å². The SMILES string of the molecule is CN(C)CC1CCOC12c1ccccc1-c1ccccc12.Cl. The van der Waals surface area contributed by atoms with Gasteiger partial charge in [-0.2, -0.15) is 0 Å². The fourth-order valence-electron chi connectivity index (χ4n) is 4.17. The number of hydrogen-bond donors (Lipinski definition) is 0. The lowest BCUT2D eigenvalue weighted by atomic mass is 9.79. The lowest BCUT2D eigenvalue weighted by Gasteiger charge is -2.34. The Morgan fingerprint density at radius 1 is 1.00 bits per heavy atom. The Bertz CT molecular complexity index is 637. The Hall–Kier alpha value is -1.35. The zero-order valence-corrected chi connectivity index (χ0v) is 13.9. The van der Waals surface area contributed by atoms with Crippen LogP contribution >= 0.6 is 12.4 Å². The molecule has 0 radical (unpaired) electrons. The molecule has 2 nitrogen and oxygen atoms in total. The van der Waals surface area contributed by atoms with E-state index in [0.29, 0.717) is 5.92 Å². The fourth-order valence-corrected chi connectivity index (χ4v) is 4.17. The van der Waals surface area contributed by atoms with Crippen molar-refractivity contribution in [2.45, 2.75) is 12.0 Å². The summed E-state index contributed by atoms with van der Waals surface area (Å²) in [4.78, 5) is 2.28. The van der Waals surface area contributed by atoms with Crippen LogP contribution in [-0.2, 0) is 10.3 Å². The summed E-state index contributed by atoms with van der Waals surface area (Å²) in [5.41, 5.74) is 5.17. The first-order valence-corrected chi connectivity index (χ1v) is 7.71.